The summed E-state index contributed by atoms with van der Waals surface area (Å²) in [4.78, 5) is 4.27. The van der Waals surface area contributed by atoms with Gasteiger partial charge in [0.1, 0.15) is 0 Å². The highest BCUT2D eigenvalue weighted by molar-refractivity contribution is 5.79. The molecule has 0 aliphatic rings. The molecule has 0 fully saturated rings. The molecule has 0 saturated carbocycles. The van der Waals surface area contributed by atoms with E-state index in [1.165, 1.54) is 0 Å². The number of hydrogen-bond acceptors (Lipinski definition) is 4. The quantitative estimate of drug-likeness (QED) is 0.214. The monoisotopic (exact) mass is 240 g/mol. The first kappa shape index (κ1) is 13.5. The molecular weight excluding hydrogens is 220 g/mol. The molecule has 17 heavy (non-hydrogen) atoms. The summed E-state index contributed by atoms with van der Waals surface area (Å²) in [7, 11) is 0. The lowest BCUT2D eigenvalue weighted by molar-refractivity contribution is 0.145. The minimum atomic E-state index is 0.536. The largest absolute Gasteiger partial charge is 0.472 e. The van der Waals surface area contributed by atoms with Gasteiger partial charge in [-0.25, -0.2) is 10.8 Å². The number of hydrazine groups is 1. The molecule has 6 heteroatoms. The van der Waals surface area contributed by atoms with Crippen LogP contribution in [0.1, 0.15) is 18.9 Å². The number of furan rings is 1. The Morgan fingerprint density at radius 2 is 2.47 bits per heavy atom. The van der Waals surface area contributed by atoms with Crippen LogP contribution >= 0.6 is 0 Å². The van der Waals surface area contributed by atoms with Crippen molar-refractivity contribution >= 4 is 5.96 Å². The third kappa shape index (κ3) is 5.94. The lowest BCUT2D eigenvalue weighted by Crippen LogP contribution is -2.42. The molecule has 0 atom stereocenters. The van der Waals surface area contributed by atoms with Gasteiger partial charge in [-0.1, -0.05) is 0 Å². The average molecular weight is 240 g/mol. The maximum Gasteiger partial charge on any atom is 0.206 e. The second kappa shape index (κ2) is 8.60. The van der Waals surface area contributed by atoms with Crippen molar-refractivity contribution < 1.29 is 9.15 Å². The second-order valence-corrected chi connectivity index (χ2v) is 3.42. The van der Waals surface area contributed by atoms with Gasteiger partial charge in [-0.2, -0.15) is 0 Å². The fraction of sp³-hybridized carbons (Fsp3) is 0.545. The summed E-state index contributed by atoms with van der Waals surface area (Å²) in [5.74, 6) is 5.93. The zero-order chi connectivity index (χ0) is 12.3. The Kier molecular flexibility index (Phi) is 6.85. The zero-order valence-electron chi connectivity index (χ0n) is 10.1. The van der Waals surface area contributed by atoms with Crippen LogP contribution in [0.25, 0.3) is 0 Å². The molecule has 1 aromatic rings. The summed E-state index contributed by atoms with van der Waals surface area (Å²) in [5, 5.41) is 3.09. The van der Waals surface area contributed by atoms with Gasteiger partial charge in [-0.15, -0.1) is 0 Å². The maximum atomic E-state index is 5.36. The molecule has 1 rings (SSSR count). The first-order chi connectivity index (χ1) is 8.36. The van der Waals surface area contributed by atoms with Gasteiger partial charge < -0.3 is 14.5 Å². The van der Waals surface area contributed by atoms with E-state index in [0.717, 1.165) is 31.7 Å². The molecule has 0 aliphatic carbocycles. The van der Waals surface area contributed by atoms with E-state index in [-0.39, 0.29) is 0 Å². The van der Waals surface area contributed by atoms with Crippen LogP contribution in [-0.4, -0.2) is 25.7 Å². The molecule has 4 N–H and O–H groups in total. The molecular formula is C11H20N4O2. The van der Waals surface area contributed by atoms with Crippen LogP contribution in [0.2, 0.25) is 0 Å². The van der Waals surface area contributed by atoms with E-state index in [9.17, 15) is 0 Å². The lowest BCUT2D eigenvalue weighted by Gasteiger charge is -2.08. The van der Waals surface area contributed by atoms with E-state index >= 15 is 0 Å². The fourth-order valence-corrected chi connectivity index (χ4v) is 1.23. The van der Waals surface area contributed by atoms with Gasteiger partial charge in [0.25, 0.3) is 0 Å². The molecule has 96 valence electrons. The first-order valence-corrected chi connectivity index (χ1v) is 5.70. The van der Waals surface area contributed by atoms with E-state index in [1.807, 2.05) is 13.0 Å². The van der Waals surface area contributed by atoms with Crippen LogP contribution in [0.5, 0.6) is 0 Å². The normalized spacial score (nSPS) is 11.5. The van der Waals surface area contributed by atoms with Gasteiger partial charge in [0.05, 0.1) is 19.1 Å². The second-order valence-electron chi connectivity index (χ2n) is 3.42. The Morgan fingerprint density at radius 1 is 1.59 bits per heavy atom. The summed E-state index contributed by atoms with van der Waals surface area (Å²) >= 11 is 0. The molecule has 0 radical (unpaired) electrons. The van der Waals surface area contributed by atoms with Gasteiger partial charge in [0.2, 0.25) is 5.96 Å². The van der Waals surface area contributed by atoms with Crippen LogP contribution in [-0.2, 0) is 11.3 Å². The predicted octanol–water partition coefficient (Wildman–Crippen LogP) is 0.615. The molecule has 0 unspecified atom stereocenters. The van der Waals surface area contributed by atoms with E-state index in [1.54, 1.807) is 12.5 Å². The van der Waals surface area contributed by atoms with E-state index < -0.39 is 0 Å². The van der Waals surface area contributed by atoms with Crippen LogP contribution in [0.15, 0.2) is 28.0 Å². The Labute approximate surface area is 101 Å². The average Bonchev–Trinajstić information content (AvgIpc) is 2.86. The smallest absolute Gasteiger partial charge is 0.206 e. The molecule has 1 aromatic heterocycles. The molecule has 0 aliphatic heterocycles. The molecule has 0 amide bonds. The van der Waals surface area contributed by atoms with Crippen molar-refractivity contribution in [3.63, 3.8) is 0 Å². The van der Waals surface area contributed by atoms with Crippen LogP contribution < -0.4 is 16.6 Å². The van der Waals surface area contributed by atoms with Crippen molar-refractivity contribution in [2.75, 3.05) is 19.8 Å². The Hall–Kier alpha value is -1.53. The number of ether oxygens (including phenoxy) is 1. The van der Waals surface area contributed by atoms with Gasteiger partial charge >= 0.3 is 0 Å². The highest BCUT2D eigenvalue weighted by Crippen LogP contribution is 2.00. The van der Waals surface area contributed by atoms with Crippen LogP contribution in [0.4, 0.5) is 0 Å². The SMILES string of the molecule is CCOCCCNC(=NCc1ccoc1)NN. The maximum absolute atomic E-state index is 5.36. The van der Waals surface area contributed by atoms with Gasteiger partial charge in [0, 0.05) is 25.3 Å². The molecule has 0 saturated heterocycles. The summed E-state index contributed by atoms with van der Waals surface area (Å²) in [6, 6.07) is 1.87. The number of hydrogen-bond donors (Lipinski definition) is 3. The number of aliphatic imine (C=N–C) groups is 1. The number of nitrogens with zero attached hydrogens (tertiary/aromatic N) is 1. The first-order valence-electron chi connectivity index (χ1n) is 5.70. The third-order valence-corrected chi connectivity index (χ3v) is 2.10. The van der Waals surface area contributed by atoms with Crippen molar-refractivity contribution in [3.8, 4) is 0 Å². The molecule has 6 nitrogen and oxygen atoms in total. The lowest BCUT2D eigenvalue weighted by atomic mass is 10.3. The Bertz CT molecular complexity index is 311. The Balaban J connectivity index is 2.20. The number of nitrogens with one attached hydrogen (secondary N) is 2. The standard InChI is InChI=1S/C11H20N4O2/c1-2-16-6-3-5-13-11(15-12)14-8-10-4-7-17-9-10/h4,7,9H,2-3,5-6,8,12H2,1H3,(H2,13,14,15). The number of nitrogens with two attached hydrogens (primary N) is 1. The van der Waals surface area contributed by atoms with Crippen molar-refractivity contribution in [1.29, 1.82) is 0 Å². The number of guanidine groups is 1. The van der Waals surface area contributed by atoms with Gasteiger partial charge in [-0.05, 0) is 19.4 Å². The summed E-state index contributed by atoms with van der Waals surface area (Å²) in [6.45, 7) is 4.77. The van der Waals surface area contributed by atoms with Gasteiger partial charge in [-0.3, -0.25) is 5.43 Å². The van der Waals surface area contributed by atoms with E-state index in [4.69, 9.17) is 15.0 Å². The van der Waals surface area contributed by atoms with E-state index in [2.05, 4.69) is 15.7 Å². The van der Waals surface area contributed by atoms with Gasteiger partial charge in [0.15, 0.2) is 0 Å². The van der Waals surface area contributed by atoms with E-state index in [0.29, 0.717) is 12.5 Å². The highest BCUT2D eigenvalue weighted by atomic mass is 16.5. The predicted molar refractivity (Wildman–Crippen MR) is 66.3 cm³/mol. The highest BCUT2D eigenvalue weighted by Gasteiger charge is 1.96. The van der Waals surface area contributed by atoms with Crippen molar-refractivity contribution in [1.82, 2.24) is 10.7 Å². The van der Waals surface area contributed by atoms with Crippen molar-refractivity contribution in [2.24, 2.45) is 10.8 Å². The molecule has 0 spiro atoms. The molecule has 0 aromatic carbocycles. The topological polar surface area (TPSA) is 84.8 Å². The van der Waals surface area contributed by atoms with Crippen LogP contribution in [0.3, 0.4) is 0 Å². The fourth-order valence-electron chi connectivity index (χ4n) is 1.23. The zero-order valence-corrected chi connectivity index (χ0v) is 10.1. The summed E-state index contributed by atoms with van der Waals surface area (Å²) in [5.41, 5.74) is 3.53. The summed E-state index contributed by atoms with van der Waals surface area (Å²) in [6.07, 6.45) is 4.20. The Morgan fingerprint density at radius 3 is 3.12 bits per heavy atom. The minimum Gasteiger partial charge on any atom is -0.472 e. The van der Waals surface area contributed by atoms with Crippen LogP contribution in [0, 0.1) is 0 Å². The van der Waals surface area contributed by atoms with Crippen molar-refractivity contribution in [2.45, 2.75) is 19.9 Å². The third-order valence-electron chi connectivity index (χ3n) is 2.10. The molecule has 1 heterocycles. The molecule has 0 bridgehead atoms. The van der Waals surface area contributed by atoms with Crippen molar-refractivity contribution in [3.05, 3.63) is 24.2 Å². The number of rotatable bonds is 7. The summed E-state index contributed by atoms with van der Waals surface area (Å²) < 4.78 is 10.2. The minimum absolute atomic E-state index is 0.536.